The Bertz CT molecular complexity index is 668. The van der Waals surface area contributed by atoms with Crippen molar-refractivity contribution in [2.24, 2.45) is 0 Å². The van der Waals surface area contributed by atoms with Crippen molar-refractivity contribution >= 4 is 33.8 Å². The molecule has 0 fully saturated rings. The molecule has 2 rings (SSSR count). The summed E-state index contributed by atoms with van der Waals surface area (Å²) in [4.78, 5) is 32.7. The second kappa shape index (κ2) is 12.4. The minimum Gasteiger partial charge on any atom is -0.276 e. The molecule has 2 aromatic heterocycles. The summed E-state index contributed by atoms with van der Waals surface area (Å²) in [5, 5.41) is 0. The number of rotatable bonds is 11. The van der Waals surface area contributed by atoms with Crippen LogP contribution in [0, 0.1) is 0 Å². The largest absolute Gasteiger partial charge is 0.276 e. The maximum Gasteiger partial charge on any atom is 0.232 e. The van der Waals surface area contributed by atoms with Crippen LogP contribution in [0.5, 0.6) is 0 Å². The highest BCUT2D eigenvalue weighted by Crippen LogP contribution is 2.31. The molecule has 6 nitrogen and oxygen atoms in total. The van der Waals surface area contributed by atoms with Crippen LogP contribution in [0.1, 0.15) is 37.8 Å². The van der Waals surface area contributed by atoms with Gasteiger partial charge < -0.3 is 0 Å². The SMILES string of the molecule is CCC(=O)N(CCc1ccncc1)SSN(CCc1ccncc1)C(=O)CC. The lowest BCUT2D eigenvalue weighted by Gasteiger charge is -2.25. The van der Waals surface area contributed by atoms with Crippen molar-refractivity contribution in [3.8, 4) is 0 Å². The molecule has 0 bridgehead atoms. The fourth-order valence-corrected chi connectivity index (χ4v) is 4.75. The summed E-state index contributed by atoms with van der Waals surface area (Å²) in [6.07, 6.45) is 9.38. The van der Waals surface area contributed by atoms with E-state index in [4.69, 9.17) is 0 Å². The van der Waals surface area contributed by atoms with Gasteiger partial charge in [0, 0.05) is 72.7 Å². The molecule has 8 heteroatoms. The molecule has 0 saturated heterocycles. The minimum absolute atomic E-state index is 0.0598. The average molecular weight is 419 g/mol. The summed E-state index contributed by atoms with van der Waals surface area (Å²) in [5.41, 5.74) is 2.27. The van der Waals surface area contributed by atoms with Gasteiger partial charge in [0.05, 0.1) is 0 Å². The van der Waals surface area contributed by atoms with Gasteiger partial charge in [-0.25, -0.2) is 0 Å². The Kier molecular flexibility index (Phi) is 9.85. The highest BCUT2D eigenvalue weighted by molar-refractivity contribution is 8.75. The van der Waals surface area contributed by atoms with Gasteiger partial charge in [-0.15, -0.1) is 0 Å². The van der Waals surface area contributed by atoms with Gasteiger partial charge in [-0.1, -0.05) is 13.8 Å². The highest BCUT2D eigenvalue weighted by Gasteiger charge is 2.18. The van der Waals surface area contributed by atoms with E-state index < -0.39 is 0 Å². The van der Waals surface area contributed by atoms with Gasteiger partial charge >= 0.3 is 0 Å². The molecule has 150 valence electrons. The minimum atomic E-state index is 0.0598. The standard InChI is InChI=1S/C20H26N4O2S2/c1-3-19(25)23(15-9-17-5-11-21-12-6-17)27-28-24(20(26)4-2)16-10-18-7-13-22-14-8-18/h5-8,11-14H,3-4,9-10,15-16H2,1-2H3. The summed E-state index contributed by atoms with van der Waals surface area (Å²) >= 11 is 0. The lowest BCUT2D eigenvalue weighted by Crippen LogP contribution is -2.29. The van der Waals surface area contributed by atoms with Crippen LogP contribution in [0.4, 0.5) is 0 Å². The summed E-state index contributed by atoms with van der Waals surface area (Å²) in [7, 11) is 2.68. The molecule has 2 amide bonds. The van der Waals surface area contributed by atoms with Gasteiger partial charge in [0.15, 0.2) is 0 Å². The predicted octanol–water partition coefficient (Wildman–Crippen LogP) is 3.95. The smallest absolute Gasteiger partial charge is 0.232 e. The molecule has 0 aliphatic heterocycles. The number of carbonyl (C=O) groups is 2. The molecule has 0 saturated carbocycles. The molecule has 0 N–H and O–H groups in total. The van der Waals surface area contributed by atoms with Crippen molar-refractivity contribution in [1.82, 2.24) is 18.6 Å². The van der Waals surface area contributed by atoms with E-state index in [1.165, 1.54) is 22.0 Å². The fraction of sp³-hybridized carbons (Fsp3) is 0.400. The first-order valence-corrected chi connectivity index (χ1v) is 11.4. The van der Waals surface area contributed by atoms with Crippen LogP contribution < -0.4 is 0 Å². The molecule has 0 atom stereocenters. The molecule has 0 unspecified atom stereocenters. The first kappa shape index (κ1) is 22.2. The fourth-order valence-electron chi connectivity index (χ4n) is 2.40. The molecule has 0 spiro atoms. The van der Waals surface area contributed by atoms with Crippen molar-refractivity contribution in [1.29, 1.82) is 0 Å². The number of aromatic nitrogens is 2. The van der Waals surface area contributed by atoms with E-state index in [9.17, 15) is 9.59 Å². The third kappa shape index (κ3) is 7.52. The molecule has 28 heavy (non-hydrogen) atoms. The van der Waals surface area contributed by atoms with Gasteiger partial charge in [0.1, 0.15) is 0 Å². The van der Waals surface area contributed by atoms with Crippen molar-refractivity contribution < 1.29 is 9.59 Å². The van der Waals surface area contributed by atoms with E-state index in [2.05, 4.69) is 9.97 Å². The van der Waals surface area contributed by atoms with Gasteiger partial charge in [0.2, 0.25) is 11.8 Å². The van der Waals surface area contributed by atoms with Crippen LogP contribution in [0.15, 0.2) is 49.1 Å². The second-order valence-corrected chi connectivity index (χ2v) is 8.13. The van der Waals surface area contributed by atoms with Crippen molar-refractivity contribution in [2.45, 2.75) is 39.5 Å². The number of pyridine rings is 2. The Morgan fingerprint density at radius 2 is 1.11 bits per heavy atom. The van der Waals surface area contributed by atoms with Crippen LogP contribution in [0.3, 0.4) is 0 Å². The predicted molar refractivity (Wildman–Crippen MR) is 115 cm³/mol. The Labute approximate surface area is 174 Å². The van der Waals surface area contributed by atoms with E-state index in [-0.39, 0.29) is 11.8 Å². The normalized spacial score (nSPS) is 10.5. The number of amides is 2. The van der Waals surface area contributed by atoms with Crippen molar-refractivity contribution in [2.75, 3.05) is 13.1 Å². The topological polar surface area (TPSA) is 66.4 Å². The third-order valence-electron chi connectivity index (χ3n) is 4.08. The van der Waals surface area contributed by atoms with Crippen molar-refractivity contribution in [3.05, 3.63) is 60.2 Å². The lowest BCUT2D eigenvalue weighted by atomic mass is 10.2. The van der Waals surface area contributed by atoms with Crippen LogP contribution in [0.2, 0.25) is 0 Å². The van der Waals surface area contributed by atoms with Crippen LogP contribution >= 0.6 is 22.0 Å². The Balaban J connectivity index is 1.93. The maximum absolute atomic E-state index is 12.3. The lowest BCUT2D eigenvalue weighted by molar-refractivity contribution is -0.126. The molecular weight excluding hydrogens is 392 g/mol. The monoisotopic (exact) mass is 418 g/mol. The number of nitrogens with zero attached hydrogens (tertiary/aromatic N) is 4. The van der Waals surface area contributed by atoms with Gasteiger partial charge in [-0.2, -0.15) is 0 Å². The van der Waals surface area contributed by atoms with Crippen LogP contribution in [-0.2, 0) is 22.4 Å². The first-order chi connectivity index (χ1) is 13.6. The zero-order valence-electron chi connectivity index (χ0n) is 16.3. The van der Waals surface area contributed by atoms with Crippen molar-refractivity contribution in [3.63, 3.8) is 0 Å². The first-order valence-electron chi connectivity index (χ1n) is 9.37. The zero-order valence-corrected chi connectivity index (χ0v) is 17.9. The molecular formula is C20H26N4O2S2. The summed E-state index contributed by atoms with van der Waals surface area (Å²) < 4.78 is 3.49. The number of carbonyl (C=O) groups excluding carboxylic acids is 2. The number of hydrogen-bond donors (Lipinski definition) is 0. The van der Waals surface area contributed by atoms with Gasteiger partial charge in [-0.05, 0) is 48.2 Å². The van der Waals surface area contributed by atoms with Crippen LogP contribution in [-0.4, -0.2) is 43.5 Å². The average Bonchev–Trinajstić information content (AvgIpc) is 2.76. The Hall–Kier alpha value is -2.06. The molecule has 0 radical (unpaired) electrons. The Morgan fingerprint density at radius 1 is 0.750 bits per heavy atom. The molecule has 0 aliphatic carbocycles. The summed E-state index contributed by atoms with van der Waals surface area (Å²) in [6, 6.07) is 7.81. The second-order valence-electron chi connectivity index (χ2n) is 6.06. The third-order valence-corrected chi connectivity index (χ3v) is 6.56. The maximum atomic E-state index is 12.3. The summed E-state index contributed by atoms with van der Waals surface area (Å²) in [5.74, 6) is 0.120. The zero-order chi connectivity index (χ0) is 20.2. The van der Waals surface area contributed by atoms with E-state index in [1.807, 2.05) is 38.1 Å². The molecule has 2 heterocycles. The van der Waals surface area contributed by atoms with Crippen LogP contribution in [0.25, 0.3) is 0 Å². The van der Waals surface area contributed by atoms with E-state index in [0.717, 1.165) is 24.0 Å². The molecule has 0 aromatic carbocycles. The summed E-state index contributed by atoms with van der Waals surface area (Å²) in [6.45, 7) is 4.89. The highest BCUT2D eigenvalue weighted by atomic mass is 33.1. The van der Waals surface area contributed by atoms with E-state index in [1.54, 1.807) is 33.4 Å². The molecule has 0 aliphatic rings. The van der Waals surface area contributed by atoms with Gasteiger partial charge in [-0.3, -0.25) is 28.2 Å². The Morgan fingerprint density at radius 3 is 1.43 bits per heavy atom. The van der Waals surface area contributed by atoms with E-state index in [0.29, 0.717) is 25.9 Å². The van der Waals surface area contributed by atoms with E-state index >= 15 is 0 Å². The number of hydrogen-bond acceptors (Lipinski definition) is 6. The van der Waals surface area contributed by atoms with Gasteiger partial charge in [0.25, 0.3) is 0 Å². The quantitative estimate of drug-likeness (QED) is 0.407. The molecule has 2 aromatic rings.